The van der Waals surface area contributed by atoms with Gasteiger partial charge in [0.15, 0.2) is 0 Å². The van der Waals surface area contributed by atoms with Crippen molar-refractivity contribution in [1.29, 1.82) is 0 Å². The average Bonchev–Trinajstić information content (AvgIpc) is 2.74. The highest BCUT2D eigenvalue weighted by molar-refractivity contribution is 7.59. The van der Waals surface area contributed by atoms with Crippen LogP contribution in [-0.2, 0) is 0 Å². The molecule has 5 atom stereocenters. The van der Waals surface area contributed by atoms with Gasteiger partial charge in [-0.15, -0.1) is 0 Å². The summed E-state index contributed by atoms with van der Waals surface area (Å²) in [5.74, 6) is 0. The van der Waals surface area contributed by atoms with Crippen LogP contribution in [0.3, 0.4) is 0 Å². The standard InChI is InChI=1S/C25H47NO4.2H2S/c1-20-16-14-12-10-8-6-4-2-3-5-7-9-11-13-15-17-26(20)22-18-21(19-27)23(28)25(30)24(22)29;;/h18,20,22-25,27-30H,2-17,19H2,1H3;2*1H2/t20?,22-,23?,24?,25+;;/m1../s1. The summed E-state index contributed by atoms with van der Waals surface area (Å²) in [5, 5.41) is 40.8. The van der Waals surface area contributed by atoms with Crippen molar-refractivity contribution >= 4 is 27.0 Å². The van der Waals surface area contributed by atoms with Crippen molar-refractivity contribution in [2.75, 3.05) is 13.2 Å². The van der Waals surface area contributed by atoms with Crippen molar-refractivity contribution in [3.8, 4) is 0 Å². The number of aliphatic hydroxyl groups is 4. The smallest absolute Gasteiger partial charge is 0.111 e. The summed E-state index contributed by atoms with van der Waals surface area (Å²) in [5.41, 5.74) is 0.421. The third-order valence-corrected chi connectivity index (χ3v) is 7.21. The zero-order chi connectivity index (χ0) is 21.8. The van der Waals surface area contributed by atoms with Crippen molar-refractivity contribution in [3.63, 3.8) is 0 Å². The van der Waals surface area contributed by atoms with Gasteiger partial charge < -0.3 is 20.4 Å². The lowest BCUT2D eigenvalue weighted by atomic mass is 9.86. The van der Waals surface area contributed by atoms with Crippen molar-refractivity contribution in [2.24, 2.45) is 0 Å². The maximum Gasteiger partial charge on any atom is 0.111 e. The van der Waals surface area contributed by atoms with Gasteiger partial charge in [-0.3, -0.25) is 4.90 Å². The molecule has 1 aliphatic heterocycles. The number of hydrogen-bond donors (Lipinski definition) is 4. The van der Waals surface area contributed by atoms with Crippen LogP contribution in [0.4, 0.5) is 0 Å². The highest BCUT2D eigenvalue weighted by Crippen LogP contribution is 2.27. The molecular weight excluding hydrogens is 442 g/mol. The topological polar surface area (TPSA) is 84.2 Å². The third-order valence-electron chi connectivity index (χ3n) is 7.21. The Morgan fingerprint density at radius 2 is 1.16 bits per heavy atom. The summed E-state index contributed by atoms with van der Waals surface area (Å²) in [7, 11) is 0. The first-order chi connectivity index (χ1) is 14.6. The van der Waals surface area contributed by atoms with E-state index in [1.54, 1.807) is 6.08 Å². The van der Waals surface area contributed by atoms with Crippen LogP contribution in [0.15, 0.2) is 11.6 Å². The molecule has 1 saturated heterocycles. The Hall–Kier alpha value is 0.240. The van der Waals surface area contributed by atoms with Crippen LogP contribution in [0.25, 0.3) is 0 Å². The average molecular weight is 494 g/mol. The van der Waals surface area contributed by atoms with Gasteiger partial charge in [0.1, 0.15) is 18.3 Å². The van der Waals surface area contributed by atoms with Crippen LogP contribution < -0.4 is 0 Å². The molecule has 1 aliphatic carbocycles. The first-order valence-corrected chi connectivity index (χ1v) is 12.7. The fourth-order valence-corrected chi connectivity index (χ4v) is 5.15. The molecule has 1 heterocycles. The van der Waals surface area contributed by atoms with Gasteiger partial charge >= 0.3 is 0 Å². The van der Waals surface area contributed by atoms with E-state index in [0.717, 1.165) is 19.4 Å². The second-order valence-corrected chi connectivity index (χ2v) is 9.64. The van der Waals surface area contributed by atoms with Crippen molar-refractivity contribution in [2.45, 2.75) is 134 Å². The minimum absolute atomic E-state index is 0. The molecule has 0 spiro atoms. The van der Waals surface area contributed by atoms with Gasteiger partial charge in [0.25, 0.3) is 0 Å². The molecule has 4 N–H and O–H groups in total. The van der Waals surface area contributed by atoms with E-state index >= 15 is 0 Å². The fourth-order valence-electron chi connectivity index (χ4n) is 5.15. The van der Waals surface area contributed by atoms with Crippen LogP contribution in [0.1, 0.15) is 103 Å². The fraction of sp³-hybridized carbons (Fsp3) is 0.920. The van der Waals surface area contributed by atoms with Crippen LogP contribution in [0.2, 0.25) is 0 Å². The summed E-state index contributed by atoms with van der Waals surface area (Å²) in [6.07, 6.45) is 17.6. The van der Waals surface area contributed by atoms with Gasteiger partial charge in [-0.1, -0.05) is 89.5 Å². The molecule has 0 bridgehead atoms. The van der Waals surface area contributed by atoms with E-state index in [0.29, 0.717) is 11.6 Å². The molecule has 7 heteroatoms. The van der Waals surface area contributed by atoms with Crippen molar-refractivity contribution in [1.82, 2.24) is 4.90 Å². The Bertz CT molecular complexity index is 495. The minimum atomic E-state index is -1.25. The van der Waals surface area contributed by atoms with Gasteiger partial charge in [0.2, 0.25) is 0 Å². The lowest BCUT2D eigenvalue weighted by Crippen LogP contribution is -2.57. The van der Waals surface area contributed by atoms with Gasteiger partial charge in [-0.05, 0) is 31.9 Å². The molecular formula is C25H51NO4S2. The maximum atomic E-state index is 10.7. The summed E-state index contributed by atoms with van der Waals surface area (Å²) in [6.45, 7) is 2.81. The van der Waals surface area contributed by atoms with Crippen molar-refractivity contribution < 1.29 is 20.4 Å². The Morgan fingerprint density at radius 1 is 0.719 bits per heavy atom. The van der Waals surface area contributed by atoms with Crippen LogP contribution >= 0.6 is 27.0 Å². The highest BCUT2D eigenvalue weighted by Gasteiger charge is 2.40. The molecule has 0 aromatic rings. The minimum Gasteiger partial charge on any atom is -0.392 e. The van der Waals surface area contributed by atoms with Crippen LogP contribution in [-0.4, -0.2) is 68.9 Å². The molecule has 192 valence electrons. The zero-order valence-electron chi connectivity index (χ0n) is 20.2. The second-order valence-electron chi connectivity index (χ2n) is 9.64. The molecule has 32 heavy (non-hydrogen) atoms. The second kappa shape index (κ2) is 18.6. The molecule has 0 saturated carbocycles. The Balaban J connectivity index is 0.00000480. The van der Waals surface area contributed by atoms with Crippen LogP contribution in [0.5, 0.6) is 0 Å². The Morgan fingerprint density at radius 3 is 1.62 bits per heavy atom. The molecule has 5 nitrogen and oxygen atoms in total. The summed E-state index contributed by atoms with van der Waals surface area (Å²) >= 11 is 0. The number of hydrogen-bond acceptors (Lipinski definition) is 5. The molecule has 3 unspecified atom stereocenters. The van der Waals surface area contributed by atoms with Gasteiger partial charge in [-0.2, -0.15) is 27.0 Å². The van der Waals surface area contributed by atoms with Gasteiger partial charge in [-0.25, -0.2) is 0 Å². The van der Waals surface area contributed by atoms with Gasteiger partial charge in [0, 0.05) is 6.04 Å². The monoisotopic (exact) mass is 493 g/mol. The molecule has 0 amide bonds. The summed E-state index contributed by atoms with van der Waals surface area (Å²) in [6, 6.07) is -0.0617. The van der Waals surface area contributed by atoms with E-state index in [-0.39, 0.29) is 39.6 Å². The van der Waals surface area contributed by atoms with E-state index < -0.39 is 18.3 Å². The highest BCUT2D eigenvalue weighted by atomic mass is 32.1. The summed E-state index contributed by atoms with van der Waals surface area (Å²) in [4.78, 5) is 2.30. The number of aliphatic hydroxyl groups excluding tert-OH is 4. The first-order valence-electron chi connectivity index (χ1n) is 12.7. The third kappa shape index (κ3) is 10.7. The largest absolute Gasteiger partial charge is 0.392 e. The van der Waals surface area contributed by atoms with E-state index in [4.69, 9.17) is 0 Å². The van der Waals surface area contributed by atoms with E-state index in [2.05, 4.69) is 11.8 Å². The van der Waals surface area contributed by atoms with E-state index in [1.165, 1.54) is 83.5 Å². The Labute approximate surface area is 210 Å². The molecule has 0 aromatic heterocycles. The predicted molar refractivity (Wildman–Crippen MR) is 143 cm³/mol. The molecule has 2 aliphatic rings. The number of rotatable bonds is 2. The normalized spacial score (nSPS) is 33.0. The van der Waals surface area contributed by atoms with Crippen LogP contribution in [0, 0.1) is 0 Å². The first kappa shape index (κ1) is 32.2. The quantitative estimate of drug-likeness (QED) is 0.434. The van der Waals surface area contributed by atoms with E-state index in [1.807, 2.05) is 0 Å². The lowest BCUT2D eigenvalue weighted by Gasteiger charge is -2.43. The Kier molecular flexibility index (Phi) is 18.7. The SMILES string of the molecule is CC1CCCCCCCCCCCCCCCCN1[C@@H]1C=C(CO)C(O)[C@H](O)C1O.S.S. The maximum absolute atomic E-state index is 10.7. The predicted octanol–water partition coefficient (Wildman–Crippen LogP) is 4.15. The molecule has 0 aromatic carbocycles. The zero-order valence-corrected chi connectivity index (χ0v) is 22.2. The number of nitrogens with zero attached hydrogens (tertiary/aromatic N) is 1. The molecule has 2 rings (SSSR count). The molecule has 1 fully saturated rings. The lowest BCUT2D eigenvalue weighted by molar-refractivity contribution is -0.0882. The summed E-state index contributed by atoms with van der Waals surface area (Å²) < 4.78 is 0. The van der Waals surface area contributed by atoms with Crippen molar-refractivity contribution in [3.05, 3.63) is 11.6 Å². The van der Waals surface area contributed by atoms with Gasteiger partial charge in [0.05, 0.1) is 12.6 Å². The van der Waals surface area contributed by atoms with E-state index in [9.17, 15) is 20.4 Å². The molecule has 0 radical (unpaired) electrons.